The first-order chi connectivity index (χ1) is 12.1. The number of Topliss-reactive ketones (excluding diaryl/α,β-unsaturated/α-hetero) is 1. The minimum atomic E-state index is -0.577. The fourth-order valence-corrected chi connectivity index (χ4v) is 5.01. The average Bonchev–Trinajstić information content (AvgIpc) is 2.64. The molecule has 25 heavy (non-hydrogen) atoms. The van der Waals surface area contributed by atoms with E-state index in [-0.39, 0.29) is 22.6 Å². The molecule has 2 aromatic rings. The predicted molar refractivity (Wildman–Crippen MR) is 103 cm³/mol. The Morgan fingerprint density at radius 3 is 2.60 bits per heavy atom. The fraction of sp³-hybridized carbons (Fsp3) is 0.350. The van der Waals surface area contributed by atoms with Crippen LogP contribution in [-0.2, 0) is 22.2 Å². The topological polar surface area (TPSA) is 50.3 Å². The maximum Gasteiger partial charge on any atom is 0.289 e. The average molecular weight is 355 g/mol. The second-order valence-corrected chi connectivity index (χ2v) is 8.54. The lowest BCUT2D eigenvalue weighted by Gasteiger charge is -2.31. The molecule has 2 unspecified atom stereocenters. The second-order valence-electron chi connectivity index (χ2n) is 6.28. The van der Waals surface area contributed by atoms with Crippen molar-refractivity contribution in [1.82, 2.24) is 4.98 Å². The number of fused-ring (bicyclic) bond motifs is 1. The summed E-state index contributed by atoms with van der Waals surface area (Å²) in [6, 6.07) is 13.4. The molecule has 0 radical (unpaired) electrons. The standard InChI is InChI=1S/C20H23N2O2S/c1-3-4-13-25(2)18-17(23)16-11-8-12-21-19(16)22(20(18)24)14-15-9-6-5-7-10-15/h5-12,18H,3-4,13-14H2,1-2H3/q+1. The molecule has 1 amide bonds. The van der Waals surface area contributed by atoms with Crippen LogP contribution in [0.1, 0.15) is 35.7 Å². The van der Waals surface area contributed by atoms with Crippen molar-refractivity contribution in [3.63, 3.8) is 0 Å². The number of unbranched alkanes of at least 4 members (excludes halogenated alkanes) is 1. The summed E-state index contributed by atoms with van der Waals surface area (Å²) < 4.78 is 0. The van der Waals surface area contributed by atoms with Crippen LogP contribution in [0.25, 0.3) is 0 Å². The monoisotopic (exact) mass is 355 g/mol. The van der Waals surface area contributed by atoms with Crippen molar-refractivity contribution in [2.45, 2.75) is 31.6 Å². The zero-order chi connectivity index (χ0) is 17.8. The van der Waals surface area contributed by atoms with Gasteiger partial charge in [0.25, 0.3) is 11.2 Å². The summed E-state index contributed by atoms with van der Waals surface area (Å²) in [6.07, 6.45) is 5.78. The number of amides is 1. The third kappa shape index (κ3) is 3.61. The van der Waals surface area contributed by atoms with Crippen LogP contribution in [0.15, 0.2) is 48.7 Å². The first-order valence-corrected chi connectivity index (χ1v) is 10.5. The summed E-state index contributed by atoms with van der Waals surface area (Å²) in [6.45, 7) is 2.57. The van der Waals surface area contributed by atoms with Crippen LogP contribution in [0.5, 0.6) is 0 Å². The van der Waals surface area contributed by atoms with Gasteiger partial charge >= 0.3 is 0 Å². The van der Waals surface area contributed by atoms with E-state index in [2.05, 4.69) is 11.9 Å². The summed E-state index contributed by atoms with van der Waals surface area (Å²) in [5, 5.41) is -0.577. The highest BCUT2D eigenvalue weighted by molar-refractivity contribution is 7.98. The molecule has 5 heteroatoms. The molecule has 1 aliphatic rings. The van der Waals surface area contributed by atoms with E-state index in [9.17, 15) is 9.59 Å². The molecule has 0 fully saturated rings. The van der Waals surface area contributed by atoms with E-state index >= 15 is 0 Å². The lowest BCUT2D eigenvalue weighted by molar-refractivity contribution is -0.117. The van der Waals surface area contributed by atoms with Crippen molar-refractivity contribution >= 4 is 28.4 Å². The van der Waals surface area contributed by atoms with Crippen molar-refractivity contribution in [3.8, 4) is 0 Å². The summed E-state index contributed by atoms with van der Waals surface area (Å²) in [5.41, 5.74) is 1.60. The minimum absolute atomic E-state index is 0.0700. The summed E-state index contributed by atoms with van der Waals surface area (Å²) >= 11 is 0. The lowest BCUT2D eigenvalue weighted by Crippen LogP contribution is -2.52. The van der Waals surface area contributed by atoms with E-state index in [1.54, 1.807) is 23.2 Å². The Morgan fingerprint density at radius 2 is 1.88 bits per heavy atom. The van der Waals surface area contributed by atoms with Crippen molar-refractivity contribution in [2.24, 2.45) is 0 Å². The number of aromatic nitrogens is 1. The van der Waals surface area contributed by atoms with Gasteiger partial charge in [0, 0.05) is 17.1 Å². The van der Waals surface area contributed by atoms with Gasteiger partial charge in [0.15, 0.2) is 0 Å². The minimum Gasteiger partial charge on any atom is -0.288 e. The molecule has 1 aromatic carbocycles. The van der Waals surface area contributed by atoms with Gasteiger partial charge in [0.1, 0.15) is 11.6 Å². The van der Waals surface area contributed by atoms with Crippen LogP contribution in [0.4, 0.5) is 5.82 Å². The molecule has 1 aromatic heterocycles. The number of carbonyl (C=O) groups is 2. The summed E-state index contributed by atoms with van der Waals surface area (Å²) in [4.78, 5) is 32.2. The normalized spacial score (nSPS) is 18.2. The Labute approximate surface area is 151 Å². The van der Waals surface area contributed by atoms with E-state index in [0.29, 0.717) is 17.9 Å². The Bertz CT molecular complexity index is 763. The third-order valence-corrected chi connectivity index (χ3v) is 6.60. The zero-order valence-corrected chi connectivity index (χ0v) is 15.5. The Hall–Kier alpha value is -2.14. The van der Waals surface area contributed by atoms with Crippen LogP contribution >= 0.6 is 0 Å². The molecule has 0 saturated carbocycles. The molecule has 3 rings (SSSR count). The molecular formula is C20H23N2O2S+. The Kier molecular flexibility index (Phi) is 5.53. The molecule has 1 aliphatic heterocycles. The van der Waals surface area contributed by atoms with Gasteiger partial charge in [-0.05, 0) is 24.1 Å². The van der Waals surface area contributed by atoms with Gasteiger partial charge in [0.05, 0.1) is 18.4 Å². The smallest absolute Gasteiger partial charge is 0.288 e. The maximum atomic E-state index is 13.2. The highest BCUT2D eigenvalue weighted by atomic mass is 32.2. The number of benzene rings is 1. The van der Waals surface area contributed by atoms with Crippen LogP contribution in [0, 0.1) is 0 Å². The Balaban J connectivity index is 1.97. The molecule has 2 atom stereocenters. The summed E-state index contributed by atoms with van der Waals surface area (Å²) in [7, 11) is -0.271. The first-order valence-electron chi connectivity index (χ1n) is 8.59. The number of anilines is 1. The quantitative estimate of drug-likeness (QED) is 0.590. The van der Waals surface area contributed by atoms with Crippen LogP contribution in [-0.4, -0.2) is 33.9 Å². The lowest BCUT2D eigenvalue weighted by atomic mass is 10.0. The first kappa shape index (κ1) is 17.7. The fourth-order valence-electron chi connectivity index (χ4n) is 3.07. The van der Waals surface area contributed by atoms with Crippen LogP contribution in [0.2, 0.25) is 0 Å². The van der Waals surface area contributed by atoms with Crippen molar-refractivity contribution < 1.29 is 9.59 Å². The van der Waals surface area contributed by atoms with E-state index in [0.717, 1.165) is 24.2 Å². The molecule has 0 bridgehead atoms. The number of ketones is 1. The predicted octanol–water partition coefficient (Wildman–Crippen LogP) is 3.23. The molecule has 0 aliphatic carbocycles. The molecule has 4 nitrogen and oxygen atoms in total. The van der Waals surface area contributed by atoms with Crippen LogP contribution in [0.3, 0.4) is 0 Å². The van der Waals surface area contributed by atoms with E-state index in [1.165, 1.54) is 0 Å². The number of rotatable bonds is 6. The molecule has 2 heterocycles. The van der Waals surface area contributed by atoms with Gasteiger partial charge in [0.2, 0.25) is 5.78 Å². The Morgan fingerprint density at radius 1 is 1.12 bits per heavy atom. The molecule has 0 saturated heterocycles. The van der Waals surface area contributed by atoms with Crippen molar-refractivity contribution in [3.05, 3.63) is 59.8 Å². The number of carbonyl (C=O) groups excluding carboxylic acids is 2. The van der Waals surface area contributed by atoms with E-state index in [1.807, 2.05) is 36.6 Å². The van der Waals surface area contributed by atoms with E-state index < -0.39 is 5.25 Å². The SMILES string of the molecule is CCCC[S+](C)C1C(=O)c2cccnc2N(Cc2ccccc2)C1=O. The highest BCUT2D eigenvalue weighted by Crippen LogP contribution is 2.30. The largest absolute Gasteiger partial charge is 0.289 e. The van der Waals surface area contributed by atoms with Gasteiger partial charge in [-0.1, -0.05) is 43.7 Å². The van der Waals surface area contributed by atoms with Gasteiger partial charge in [-0.15, -0.1) is 0 Å². The van der Waals surface area contributed by atoms with Gasteiger partial charge in [-0.25, -0.2) is 4.98 Å². The van der Waals surface area contributed by atoms with Gasteiger partial charge < -0.3 is 0 Å². The number of pyridine rings is 1. The van der Waals surface area contributed by atoms with Crippen molar-refractivity contribution in [2.75, 3.05) is 16.9 Å². The number of hydrogen-bond donors (Lipinski definition) is 0. The third-order valence-electron chi connectivity index (χ3n) is 4.44. The highest BCUT2D eigenvalue weighted by Gasteiger charge is 2.48. The van der Waals surface area contributed by atoms with Crippen LogP contribution < -0.4 is 4.90 Å². The number of nitrogens with zero attached hydrogens (tertiary/aromatic N) is 2. The molecule has 0 spiro atoms. The summed E-state index contributed by atoms with van der Waals surface area (Å²) in [5.74, 6) is 1.22. The second kappa shape index (κ2) is 7.83. The van der Waals surface area contributed by atoms with Crippen molar-refractivity contribution in [1.29, 1.82) is 0 Å². The molecule has 0 N–H and O–H groups in total. The van der Waals surface area contributed by atoms with Gasteiger partial charge in [-0.2, -0.15) is 0 Å². The molecular weight excluding hydrogens is 332 g/mol. The zero-order valence-electron chi connectivity index (χ0n) is 14.6. The maximum absolute atomic E-state index is 13.2. The number of hydrogen-bond acceptors (Lipinski definition) is 3. The van der Waals surface area contributed by atoms with Gasteiger partial charge in [-0.3, -0.25) is 14.5 Å². The van der Waals surface area contributed by atoms with E-state index in [4.69, 9.17) is 0 Å². The molecule has 130 valence electrons.